The van der Waals surface area contributed by atoms with Gasteiger partial charge in [-0.15, -0.1) is 0 Å². The summed E-state index contributed by atoms with van der Waals surface area (Å²) in [5, 5.41) is 11.0. The van der Waals surface area contributed by atoms with Crippen LogP contribution in [0.3, 0.4) is 0 Å². The third-order valence-electron chi connectivity index (χ3n) is 4.11. The molecular weight excluding hydrogens is 450 g/mol. The van der Waals surface area contributed by atoms with Crippen LogP contribution < -0.4 is 9.47 Å². The SMILES string of the molecule is CCC(Oc1cc(Oc2ccc(C(F)(F)F)cc2Cl)ccc1[N+](=O)[O-])P(C)(=O)OC. The molecule has 164 valence electrons. The minimum atomic E-state index is -4.57. The highest BCUT2D eigenvalue weighted by Gasteiger charge is 2.32. The zero-order valence-electron chi connectivity index (χ0n) is 16.1. The average molecular weight is 468 g/mol. The average Bonchev–Trinajstić information content (AvgIpc) is 2.66. The number of rotatable bonds is 8. The molecule has 0 heterocycles. The molecule has 0 aliphatic rings. The van der Waals surface area contributed by atoms with Gasteiger partial charge in [0.2, 0.25) is 13.1 Å². The van der Waals surface area contributed by atoms with Gasteiger partial charge in [0.05, 0.1) is 15.5 Å². The fourth-order valence-electron chi connectivity index (χ4n) is 2.46. The van der Waals surface area contributed by atoms with Gasteiger partial charge in [-0.05, 0) is 30.7 Å². The van der Waals surface area contributed by atoms with Crippen molar-refractivity contribution in [1.82, 2.24) is 0 Å². The predicted molar refractivity (Wildman–Crippen MR) is 105 cm³/mol. The van der Waals surface area contributed by atoms with Gasteiger partial charge in [0.1, 0.15) is 11.5 Å². The lowest BCUT2D eigenvalue weighted by atomic mass is 10.2. The molecule has 0 aromatic heterocycles. The quantitative estimate of drug-likeness (QED) is 0.243. The first-order valence-corrected chi connectivity index (χ1v) is 11.0. The maximum Gasteiger partial charge on any atom is 0.416 e. The number of benzene rings is 2. The lowest BCUT2D eigenvalue weighted by molar-refractivity contribution is -0.386. The zero-order chi connectivity index (χ0) is 22.7. The first-order valence-electron chi connectivity index (χ1n) is 8.51. The number of halogens is 4. The Morgan fingerprint density at radius 3 is 2.37 bits per heavy atom. The molecule has 7 nitrogen and oxygen atoms in total. The molecule has 2 unspecified atom stereocenters. The van der Waals surface area contributed by atoms with Gasteiger partial charge >= 0.3 is 11.9 Å². The second-order valence-corrected chi connectivity index (χ2v) is 9.37. The van der Waals surface area contributed by atoms with Crippen LogP contribution in [0.25, 0.3) is 0 Å². The summed E-state index contributed by atoms with van der Waals surface area (Å²) < 4.78 is 66.8. The van der Waals surface area contributed by atoms with Crippen molar-refractivity contribution in [2.24, 2.45) is 0 Å². The molecule has 0 aliphatic heterocycles. The van der Waals surface area contributed by atoms with Gasteiger partial charge in [0, 0.05) is 25.9 Å². The predicted octanol–water partition coefficient (Wildman–Crippen LogP) is 6.73. The Kier molecular flexibility index (Phi) is 7.39. The van der Waals surface area contributed by atoms with Crippen LogP contribution in [0.15, 0.2) is 36.4 Å². The smallest absolute Gasteiger partial charge is 0.416 e. The lowest BCUT2D eigenvalue weighted by Gasteiger charge is -2.23. The minimum Gasteiger partial charge on any atom is -0.473 e. The fraction of sp³-hybridized carbons (Fsp3) is 0.333. The molecule has 2 rings (SSSR count). The topological polar surface area (TPSA) is 87.9 Å². The first-order chi connectivity index (χ1) is 13.9. The van der Waals surface area contributed by atoms with Crippen molar-refractivity contribution in [1.29, 1.82) is 0 Å². The highest BCUT2D eigenvalue weighted by Crippen LogP contribution is 2.50. The maximum absolute atomic E-state index is 12.8. The van der Waals surface area contributed by atoms with E-state index in [4.69, 9.17) is 25.6 Å². The monoisotopic (exact) mass is 467 g/mol. The molecule has 2 aromatic rings. The largest absolute Gasteiger partial charge is 0.473 e. The Hall–Kier alpha value is -2.29. The van der Waals surface area contributed by atoms with Crippen molar-refractivity contribution in [2.45, 2.75) is 25.4 Å². The molecule has 0 spiro atoms. The molecule has 2 atom stereocenters. The fourth-order valence-corrected chi connectivity index (χ4v) is 3.89. The number of nitrogens with zero attached hydrogens (tertiary/aromatic N) is 1. The summed E-state index contributed by atoms with van der Waals surface area (Å²) in [6.45, 7) is 3.02. The molecule has 12 heteroatoms. The molecule has 0 radical (unpaired) electrons. The highest BCUT2D eigenvalue weighted by molar-refractivity contribution is 7.58. The Labute approximate surface area is 175 Å². The summed E-state index contributed by atoms with van der Waals surface area (Å²) in [6.07, 6.45) is -4.32. The number of alkyl halides is 3. The van der Waals surface area contributed by atoms with Gasteiger partial charge < -0.3 is 14.0 Å². The minimum absolute atomic E-state index is 0.0236. The number of ether oxygens (including phenoxy) is 2. The van der Waals surface area contributed by atoms with E-state index in [-0.39, 0.29) is 28.7 Å². The summed E-state index contributed by atoms with van der Waals surface area (Å²) in [5.41, 5.74) is -1.35. The van der Waals surface area contributed by atoms with E-state index in [0.717, 1.165) is 18.2 Å². The third-order valence-corrected chi connectivity index (χ3v) is 6.65. The van der Waals surface area contributed by atoms with Crippen LogP contribution in [0.1, 0.15) is 18.9 Å². The Balaban J connectivity index is 2.38. The van der Waals surface area contributed by atoms with Crippen molar-refractivity contribution in [3.63, 3.8) is 0 Å². The van der Waals surface area contributed by atoms with Crippen LogP contribution in [0, 0.1) is 10.1 Å². The zero-order valence-corrected chi connectivity index (χ0v) is 17.8. The molecular formula is C18H18ClF3NO6P. The van der Waals surface area contributed by atoms with Crippen LogP contribution >= 0.6 is 19.0 Å². The molecule has 30 heavy (non-hydrogen) atoms. The van der Waals surface area contributed by atoms with Crippen LogP contribution in [0.2, 0.25) is 5.02 Å². The van der Waals surface area contributed by atoms with Crippen LogP contribution in [0.4, 0.5) is 18.9 Å². The molecule has 0 fully saturated rings. The van der Waals surface area contributed by atoms with E-state index >= 15 is 0 Å². The first kappa shape index (κ1) is 24.0. The molecule has 2 aromatic carbocycles. The molecule has 0 N–H and O–H groups in total. The standard InChI is InChI=1S/C18H18ClF3NO6P/c1-4-17(30(3,26)27-2)29-16-10-12(6-7-14(16)23(24)25)28-15-8-5-11(9-13(15)19)18(20,21)22/h5-10,17H,4H2,1-3H3. The van der Waals surface area contributed by atoms with E-state index in [1.165, 1.54) is 25.9 Å². The number of hydrogen-bond acceptors (Lipinski definition) is 6. The summed E-state index contributed by atoms with van der Waals surface area (Å²) in [7, 11) is -1.98. The second-order valence-electron chi connectivity index (χ2n) is 6.20. The van der Waals surface area contributed by atoms with Crippen molar-refractivity contribution in [3.05, 3.63) is 57.1 Å². The van der Waals surface area contributed by atoms with Crippen LogP contribution in [-0.4, -0.2) is 24.5 Å². The highest BCUT2D eigenvalue weighted by atomic mass is 35.5. The molecule has 0 amide bonds. The van der Waals surface area contributed by atoms with Gasteiger partial charge in [-0.3, -0.25) is 14.7 Å². The lowest BCUT2D eigenvalue weighted by Crippen LogP contribution is -2.17. The van der Waals surface area contributed by atoms with Gasteiger partial charge in [-0.25, -0.2) is 0 Å². The van der Waals surface area contributed by atoms with Gasteiger partial charge in [0.15, 0.2) is 5.85 Å². The van der Waals surface area contributed by atoms with Gasteiger partial charge in [0.25, 0.3) is 0 Å². The summed E-state index contributed by atoms with van der Waals surface area (Å²) in [5.74, 6) is -1.25. The van der Waals surface area contributed by atoms with Crippen molar-refractivity contribution in [2.75, 3.05) is 13.8 Å². The molecule has 0 bridgehead atoms. The Bertz CT molecular complexity index is 985. The van der Waals surface area contributed by atoms with E-state index < -0.39 is 35.6 Å². The van der Waals surface area contributed by atoms with E-state index in [1.807, 2.05) is 0 Å². The van der Waals surface area contributed by atoms with E-state index in [1.54, 1.807) is 6.92 Å². The summed E-state index contributed by atoms with van der Waals surface area (Å²) in [6, 6.07) is 6.05. The number of hydrogen-bond donors (Lipinski definition) is 0. The maximum atomic E-state index is 12.8. The van der Waals surface area contributed by atoms with E-state index in [9.17, 15) is 27.9 Å². The number of nitro groups is 1. The summed E-state index contributed by atoms with van der Waals surface area (Å²) >= 11 is 5.87. The van der Waals surface area contributed by atoms with Crippen LogP contribution in [0.5, 0.6) is 17.2 Å². The Morgan fingerprint density at radius 2 is 1.87 bits per heavy atom. The molecule has 0 aliphatic carbocycles. The van der Waals surface area contributed by atoms with E-state index in [2.05, 4.69) is 0 Å². The van der Waals surface area contributed by atoms with Gasteiger partial charge in [-0.2, -0.15) is 13.2 Å². The van der Waals surface area contributed by atoms with Crippen LogP contribution in [-0.2, 0) is 15.3 Å². The normalized spacial score (nSPS) is 14.6. The Morgan fingerprint density at radius 1 is 1.20 bits per heavy atom. The summed E-state index contributed by atoms with van der Waals surface area (Å²) in [4.78, 5) is 10.6. The molecule has 0 saturated carbocycles. The van der Waals surface area contributed by atoms with E-state index in [0.29, 0.717) is 6.07 Å². The van der Waals surface area contributed by atoms with Gasteiger partial charge in [-0.1, -0.05) is 18.5 Å². The van der Waals surface area contributed by atoms with Crippen molar-refractivity contribution < 1.29 is 36.7 Å². The molecule has 0 saturated heterocycles. The third kappa shape index (κ3) is 5.65. The van der Waals surface area contributed by atoms with Crippen molar-refractivity contribution >= 4 is 24.7 Å². The van der Waals surface area contributed by atoms with Crippen molar-refractivity contribution in [3.8, 4) is 17.2 Å². The number of nitro benzene ring substituents is 1. The second kappa shape index (κ2) is 9.24.